The second kappa shape index (κ2) is 5.79. The Morgan fingerprint density at radius 2 is 1.71 bits per heavy atom. The molecule has 5 heteroatoms. The van der Waals surface area contributed by atoms with Gasteiger partial charge in [-0.3, -0.25) is 0 Å². The molecule has 2 rings (SSSR count). The fourth-order valence-corrected chi connectivity index (χ4v) is 2.73. The second-order valence-corrected chi connectivity index (χ2v) is 7.15. The van der Waals surface area contributed by atoms with E-state index in [0.717, 1.165) is 48.7 Å². The number of rotatable bonds is 4. The van der Waals surface area contributed by atoms with Crippen molar-refractivity contribution in [2.24, 2.45) is 0 Å². The van der Waals surface area contributed by atoms with Crippen molar-refractivity contribution >= 4 is 11.6 Å². The van der Waals surface area contributed by atoms with E-state index in [-0.39, 0.29) is 5.41 Å². The molecule has 0 aromatic carbocycles. The van der Waals surface area contributed by atoms with Gasteiger partial charge in [0.25, 0.3) is 0 Å². The van der Waals surface area contributed by atoms with E-state index in [9.17, 15) is 5.11 Å². The van der Waals surface area contributed by atoms with Gasteiger partial charge in [0, 0.05) is 24.6 Å². The molecule has 0 radical (unpaired) electrons. The molecule has 118 valence electrons. The highest BCUT2D eigenvalue weighted by Crippen LogP contribution is 2.31. The summed E-state index contributed by atoms with van der Waals surface area (Å²) >= 11 is 0. The van der Waals surface area contributed by atoms with Crippen LogP contribution in [-0.2, 0) is 5.41 Å². The highest BCUT2D eigenvalue weighted by Gasteiger charge is 2.31. The minimum absolute atomic E-state index is 0.111. The van der Waals surface area contributed by atoms with Gasteiger partial charge in [0.1, 0.15) is 17.5 Å². The fourth-order valence-electron chi connectivity index (χ4n) is 2.73. The summed E-state index contributed by atoms with van der Waals surface area (Å²) in [4.78, 5) is 9.27. The van der Waals surface area contributed by atoms with E-state index in [1.807, 2.05) is 14.0 Å². The lowest BCUT2D eigenvalue weighted by Crippen LogP contribution is -2.34. The first-order valence-electron chi connectivity index (χ1n) is 7.78. The Balaban J connectivity index is 2.25. The molecular formula is C16H28N4O. The first kappa shape index (κ1) is 16.0. The number of nitrogens with zero attached hydrogens (tertiary/aromatic N) is 2. The van der Waals surface area contributed by atoms with Crippen LogP contribution in [0.2, 0.25) is 0 Å². The molecule has 1 fully saturated rings. The summed E-state index contributed by atoms with van der Waals surface area (Å²) in [5.41, 5.74) is 0.297. The van der Waals surface area contributed by atoms with E-state index < -0.39 is 5.60 Å². The average Bonchev–Trinajstić information content (AvgIpc) is 2.83. The zero-order valence-corrected chi connectivity index (χ0v) is 13.9. The van der Waals surface area contributed by atoms with Crippen LogP contribution < -0.4 is 10.6 Å². The van der Waals surface area contributed by atoms with Crippen LogP contribution in [0.4, 0.5) is 11.6 Å². The van der Waals surface area contributed by atoms with Gasteiger partial charge < -0.3 is 15.7 Å². The van der Waals surface area contributed by atoms with Crippen LogP contribution in [-0.4, -0.2) is 34.3 Å². The van der Waals surface area contributed by atoms with Crippen molar-refractivity contribution in [3.8, 4) is 0 Å². The van der Waals surface area contributed by atoms with Crippen molar-refractivity contribution < 1.29 is 5.11 Å². The van der Waals surface area contributed by atoms with Crippen LogP contribution in [0.15, 0.2) is 0 Å². The van der Waals surface area contributed by atoms with E-state index in [1.165, 1.54) is 0 Å². The maximum absolute atomic E-state index is 10.5. The Hall–Kier alpha value is -1.36. The van der Waals surface area contributed by atoms with Crippen LogP contribution in [0.1, 0.15) is 57.8 Å². The molecule has 0 unspecified atom stereocenters. The van der Waals surface area contributed by atoms with Crippen LogP contribution in [0.5, 0.6) is 0 Å². The lowest BCUT2D eigenvalue weighted by molar-refractivity contribution is 0.0614. The maximum Gasteiger partial charge on any atom is 0.138 e. The second-order valence-electron chi connectivity index (χ2n) is 7.15. The molecule has 5 nitrogen and oxygen atoms in total. The predicted molar refractivity (Wildman–Crippen MR) is 86.9 cm³/mol. The molecule has 0 saturated heterocycles. The number of aliphatic hydroxyl groups is 1. The van der Waals surface area contributed by atoms with Crippen molar-refractivity contribution in [1.82, 2.24) is 9.97 Å². The van der Waals surface area contributed by atoms with Crippen LogP contribution in [0.25, 0.3) is 0 Å². The standard InChI is InChI=1S/C16H28N4O/c1-11-12(17-5)19-14(15(2,3)4)20-13(11)18-10-16(21)8-6-7-9-16/h21H,6-10H2,1-5H3,(H2,17,18,19,20). The van der Waals surface area contributed by atoms with Crippen molar-refractivity contribution in [2.45, 2.75) is 64.4 Å². The number of aromatic nitrogens is 2. The van der Waals surface area contributed by atoms with Gasteiger partial charge in [-0.25, -0.2) is 9.97 Å². The summed E-state index contributed by atoms with van der Waals surface area (Å²) in [6.45, 7) is 8.86. The molecule has 1 saturated carbocycles. The third-order valence-corrected chi connectivity index (χ3v) is 4.17. The van der Waals surface area contributed by atoms with E-state index in [4.69, 9.17) is 0 Å². The van der Waals surface area contributed by atoms with Crippen LogP contribution in [0.3, 0.4) is 0 Å². The van der Waals surface area contributed by atoms with E-state index in [2.05, 4.69) is 41.4 Å². The summed E-state index contributed by atoms with van der Waals surface area (Å²) in [6.07, 6.45) is 3.95. The van der Waals surface area contributed by atoms with E-state index >= 15 is 0 Å². The molecule has 0 bridgehead atoms. The lowest BCUT2D eigenvalue weighted by Gasteiger charge is -2.25. The third-order valence-electron chi connectivity index (χ3n) is 4.17. The molecule has 0 aliphatic heterocycles. The Labute approximate surface area is 127 Å². The minimum atomic E-state index is -0.584. The molecule has 1 aromatic heterocycles. The Bertz CT molecular complexity index is 502. The van der Waals surface area contributed by atoms with Crippen molar-refractivity contribution in [3.63, 3.8) is 0 Å². The third kappa shape index (κ3) is 3.64. The molecule has 21 heavy (non-hydrogen) atoms. The highest BCUT2D eigenvalue weighted by atomic mass is 16.3. The van der Waals surface area contributed by atoms with E-state index in [1.54, 1.807) is 0 Å². The van der Waals surface area contributed by atoms with Crippen LogP contribution >= 0.6 is 0 Å². The number of anilines is 2. The molecule has 1 heterocycles. The largest absolute Gasteiger partial charge is 0.388 e. The van der Waals surface area contributed by atoms with Crippen molar-refractivity contribution in [1.29, 1.82) is 0 Å². The van der Waals surface area contributed by atoms with Gasteiger partial charge in [0.05, 0.1) is 5.60 Å². The maximum atomic E-state index is 10.5. The molecule has 1 aliphatic rings. The number of hydrogen-bond acceptors (Lipinski definition) is 5. The SMILES string of the molecule is CNc1nc(C(C)(C)C)nc(NCC2(O)CCCC2)c1C. The Morgan fingerprint density at radius 1 is 1.14 bits per heavy atom. The first-order chi connectivity index (χ1) is 9.75. The minimum Gasteiger partial charge on any atom is -0.388 e. The smallest absolute Gasteiger partial charge is 0.138 e. The van der Waals surface area contributed by atoms with Gasteiger partial charge in [-0.05, 0) is 19.8 Å². The quantitative estimate of drug-likeness (QED) is 0.796. The first-order valence-corrected chi connectivity index (χ1v) is 7.78. The van der Waals surface area contributed by atoms with Gasteiger partial charge >= 0.3 is 0 Å². The summed E-state index contributed by atoms with van der Waals surface area (Å²) < 4.78 is 0. The monoisotopic (exact) mass is 292 g/mol. The topological polar surface area (TPSA) is 70.1 Å². The highest BCUT2D eigenvalue weighted by molar-refractivity contribution is 5.57. The average molecular weight is 292 g/mol. The van der Waals surface area contributed by atoms with E-state index in [0.29, 0.717) is 6.54 Å². The zero-order valence-electron chi connectivity index (χ0n) is 13.9. The number of hydrogen-bond donors (Lipinski definition) is 3. The van der Waals surface area contributed by atoms with Gasteiger partial charge in [0.15, 0.2) is 0 Å². The lowest BCUT2D eigenvalue weighted by atomic mass is 9.95. The molecule has 0 amide bonds. The summed E-state index contributed by atoms with van der Waals surface area (Å²) in [5, 5.41) is 17.0. The molecule has 1 aromatic rings. The van der Waals surface area contributed by atoms with Gasteiger partial charge in [0.2, 0.25) is 0 Å². The predicted octanol–water partition coefficient (Wildman–Crippen LogP) is 2.84. The normalized spacial score (nSPS) is 17.8. The van der Waals surface area contributed by atoms with Gasteiger partial charge in [-0.15, -0.1) is 0 Å². The Morgan fingerprint density at radius 3 is 2.24 bits per heavy atom. The van der Waals surface area contributed by atoms with Crippen molar-refractivity contribution in [3.05, 3.63) is 11.4 Å². The van der Waals surface area contributed by atoms with Gasteiger partial charge in [-0.1, -0.05) is 33.6 Å². The summed E-state index contributed by atoms with van der Waals surface area (Å²) in [5.74, 6) is 2.47. The van der Waals surface area contributed by atoms with Crippen molar-refractivity contribution in [2.75, 3.05) is 24.2 Å². The summed E-state index contributed by atoms with van der Waals surface area (Å²) in [6, 6.07) is 0. The molecule has 0 atom stereocenters. The molecule has 0 spiro atoms. The van der Waals surface area contributed by atoms with Gasteiger partial charge in [-0.2, -0.15) is 0 Å². The molecule has 1 aliphatic carbocycles. The number of nitrogens with one attached hydrogen (secondary N) is 2. The molecule has 3 N–H and O–H groups in total. The fraction of sp³-hybridized carbons (Fsp3) is 0.750. The zero-order chi connectivity index (χ0) is 15.7. The summed E-state index contributed by atoms with van der Waals surface area (Å²) in [7, 11) is 1.87. The van der Waals surface area contributed by atoms with Crippen LogP contribution in [0, 0.1) is 6.92 Å². The molecular weight excluding hydrogens is 264 g/mol. The Kier molecular flexibility index (Phi) is 4.42.